The number of carbonyl (C=O) groups is 2. The largest absolute Gasteiger partial charge is 0.490 e. The molecule has 1 fully saturated rings. The van der Waals surface area contributed by atoms with Gasteiger partial charge in [0.25, 0.3) is 0 Å². The van der Waals surface area contributed by atoms with Crippen LogP contribution in [0.15, 0.2) is 0 Å². The average molecular weight is 245 g/mol. The molecule has 1 saturated heterocycles. The van der Waals surface area contributed by atoms with Gasteiger partial charge in [-0.15, -0.1) is 0 Å². The maximum atomic E-state index is 10.6. The van der Waals surface area contributed by atoms with Crippen LogP contribution in [0.4, 0.5) is 13.2 Å². The number of nitrogens with one attached hydrogen (secondary N) is 1. The molecule has 0 spiro atoms. The van der Waals surface area contributed by atoms with Crippen molar-refractivity contribution in [2.75, 3.05) is 6.54 Å². The van der Waals surface area contributed by atoms with Gasteiger partial charge in [0, 0.05) is 0 Å². The molecule has 1 rings (SSSR count). The minimum absolute atomic E-state index is 0.539. The van der Waals surface area contributed by atoms with Gasteiger partial charge in [0.1, 0.15) is 6.04 Å². The number of carboxylic acid groups (broad SMARTS) is 2. The van der Waals surface area contributed by atoms with Gasteiger partial charge in [-0.2, -0.15) is 13.2 Å². The first-order valence-electron chi connectivity index (χ1n) is 4.10. The Morgan fingerprint density at radius 3 is 1.81 bits per heavy atom. The molecule has 2 atom stereocenters. The van der Waals surface area contributed by atoms with Crippen LogP contribution in [0.2, 0.25) is 0 Å². The van der Waals surface area contributed by atoms with Crippen LogP contribution in [-0.4, -0.2) is 52.1 Å². The Hall–Kier alpha value is -1.35. The first-order chi connectivity index (χ1) is 7.16. The zero-order chi connectivity index (χ0) is 12.9. The number of hydrogen-bond acceptors (Lipinski definition) is 4. The van der Waals surface area contributed by atoms with Crippen LogP contribution in [0.25, 0.3) is 0 Å². The van der Waals surface area contributed by atoms with Crippen molar-refractivity contribution < 1.29 is 38.1 Å². The van der Waals surface area contributed by atoms with Crippen molar-refractivity contribution in [3.63, 3.8) is 0 Å². The predicted octanol–water partition coefficient (Wildman–Crippen LogP) is -0.573. The van der Waals surface area contributed by atoms with Crippen LogP contribution < -0.4 is 5.32 Å². The summed E-state index contributed by atoms with van der Waals surface area (Å²) in [6.07, 6.45) is -5.25. The molecule has 0 unspecified atom stereocenters. The van der Waals surface area contributed by atoms with Crippen LogP contribution in [-0.2, 0) is 9.59 Å². The second kappa shape index (κ2) is 5.66. The molecule has 6 nitrogen and oxygen atoms in total. The molecule has 1 aliphatic heterocycles. The summed E-state index contributed by atoms with van der Waals surface area (Å²) in [7, 11) is 0. The van der Waals surface area contributed by atoms with E-state index in [4.69, 9.17) is 20.1 Å². The second-order valence-corrected chi connectivity index (χ2v) is 2.93. The number of aliphatic hydroxyl groups is 1. The average Bonchev–Trinajstić information content (AvgIpc) is 2.50. The highest BCUT2D eigenvalue weighted by Crippen LogP contribution is 2.13. The first-order valence-corrected chi connectivity index (χ1v) is 4.10. The fraction of sp³-hybridized carbons (Fsp3) is 0.714. The molecule has 0 bridgehead atoms. The van der Waals surface area contributed by atoms with E-state index in [-0.39, 0.29) is 0 Å². The molecule has 94 valence electrons. The van der Waals surface area contributed by atoms with Crippen molar-refractivity contribution in [1.29, 1.82) is 0 Å². The summed E-state index contributed by atoms with van der Waals surface area (Å²) in [4.78, 5) is 19.1. The molecule has 0 aliphatic carbocycles. The molecule has 16 heavy (non-hydrogen) atoms. The van der Waals surface area contributed by atoms with Crippen LogP contribution >= 0.6 is 0 Å². The SMILES string of the molecule is O=C(O)C(F)(F)F.O=C(O)[C@H]1NCC[C@H]1O. The van der Waals surface area contributed by atoms with Crippen molar-refractivity contribution in [3.05, 3.63) is 0 Å². The molecule has 0 radical (unpaired) electrons. The lowest BCUT2D eigenvalue weighted by Crippen LogP contribution is -2.38. The highest BCUT2D eigenvalue weighted by molar-refractivity contribution is 5.74. The number of rotatable bonds is 1. The smallest absolute Gasteiger partial charge is 0.480 e. The number of carboxylic acids is 2. The van der Waals surface area contributed by atoms with E-state index in [1.165, 1.54) is 0 Å². The molecule has 1 heterocycles. The maximum Gasteiger partial charge on any atom is 0.490 e. The zero-order valence-corrected chi connectivity index (χ0v) is 7.86. The fourth-order valence-electron chi connectivity index (χ4n) is 0.941. The number of hydrogen-bond donors (Lipinski definition) is 4. The normalized spacial score (nSPS) is 24.5. The molecule has 1 aliphatic rings. The van der Waals surface area contributed by atoms with Crippen LogP contribution in [0.5, 0.6) is 0 Å². The molecule has 4 N–H and O–H groups in total. The Bertz CT molecular complexity index is 267. The summed E-state index contributed by atoms with van der Waals surface area (Å²) < 4.78 is 31.7. The van der Waals surface area contributed by atoms with Gasteiger partial charge in [0.2, 0.25) is 0 Å². The molecule has 0 saturated carbocycles. The van der Waals surface area contributed by atoms with E-state index in [9.17, 15) is 18.0 Å². The second-order valence-electron chi connectivity index (χ2n) is 2.93. The molecule has 0 aromatic heterocycles. The topological polar surface area (TPSA) is 107 Å². The van der Waals surface area contributed by atoms with E-state index in [0.717, 1.165) is 0 Å². The van der Waals surface area contributed by atoms with E-state index in [1.807, 2.05) is 0 Å². The summed E-state index contributed by atoms with van der Waals surface area (Å²) in [5, 5.41) is 27.1. The van der Waals surface area contributed by atoms with Gasteiger partial charge in [-0.1, -0.05) is 0 Å². The monoisotopic (exact) mass is 245 g/mol. The highest BCUT2D eigenvalue weighted by Gasteiger charge is 2.38. The van der Waals surface area contributed by atoms with E-state index in [2.05, 4.69) is 5.32 Å². The van der Waals surface area contributed by atoms with Gasteiger partial charge in [-0.05, 0) is 13.0 Å². The molecule has 9 heteroatoms. The fourth-order valence-corrected chi connectivity index (χ4v) is 0.941. The first kappa shape index (κ1) is 14.6. The minimum Gasteiger partial charge on any atom is -0.480 e. The van der Waals surface area contributed by atoms with E-state index in [0.29, 0.717) is 13.0 Å². The molecule has 0 aromatic carbocycles. The summed E-state index contributed by atoms with van der Waals surface area (Å²) in [5.41, 5.74) is 0. The lowest BCUT2D eigenvalue weighted by atomic mass is 10.2. The number of aliphatic hydroxyl groups excluding tert-OH is 1. The molecular weight excluding hydrogens is 235 g/mol. The quantitative estimate of drug-likeness (QED) is 0.492. The number of aliphatic carboxylic acids is 2. The third-order valence-electron chi connectivity index (χ3n) is 1.70. The summed E-state index contributed by atoms with van der Waals surface area (Å²) >= 11 is 0. The predicted molar refractivity (Wildman–Crippen MR) is 43.7 cm³/mol. The Labute approximate surface area is 87.7 Å². The van der Waals surface area contributed by atoms with Crippen LogP contribution in [0.3, 0.4) is 0 Å². The Balaban J connectivity index is 0.000000293. The van der Waals surface area contributed by atoms with E-state index < -0.39 is 30.3 Å². The van der Waals surface area contributed by atoms with Gasteiger partial charge in [0.15, 0.2) is 0 Å². The lowest BCUT2D eigenvalue weighted by molar-refractivity contribution is -0.192. The van der Waals surface area contributed by atoms with Crippen molar-refractivity contribution in [3.8, 4) is 0 Å². The van der Waals surface area contributed by atoms with Crippen LogP contribution in [0, 0.1) is 0 Å². The Kier molecular flexibility index (Phi) is 5.18. The standard InChI is InChI=1S/C5H9NO3.C2HF3O2/c7-3-1-2-6-4(3)5(8)9;3-2(4,5)1(6)7/h3-4,6-7H,1-2H2,(H,8,9);(H,6,7)/t3-,4+;/m1./s1. The summed E-state index contributed by atoms with van der Waals surface area (Å²) in [6, 6.07) is -0.745. The van der Waals surface area contributed by atoms with Gasteiger partial charge >= 0.3 is 18.1 Å². The zero-order valence-electron chi connectivity index (χ0n) is 7.86. The van der Waals surface area contributed by atoms with Gasteiger partial charge in [-0.3, -0.25) is 4.79 Å². The minimum atomic E-state index is -5.08. The number of alkyl halides is 3. The van der Waals surface area contributed by atoms with Gasteiger partial charge in [-0.25, -0.2) is 4.79 Å². The van der Waals surface area contributed by atoms with Gasteiger partial charge in [0.05, 0.1) is 6.10 Å². The van der Waals surface area contributed by atoms with Crippen molar-refractivity contribution in [1.82, 2.24) is 5.32 Å². The lowest BCUT2D eigenvalue weighted by Gasteiger charge is -2.06. The third-order valence-corrected chi connectivity index (χ3v) is 1.70. The highest BCUT2D eigenvalue weighted by atomic mass is 19.4. The van der Waals surface area contributed by atoms with Crippen molar-refractivity contribution in [2.24, 2.45) is 0 Å². The summed E-state index contributed by atoms with van der Waals surface area (Å²) in [5.74, 6) is -3.73. The summed E-state index contributed by atoms with van der Waals surface area (Å²) in [6.45, 7) is 0.595. The molecule has 0 aromatic rings. The third kappa shape index (κ3) is 4.94. The van der Waals surface area contributed by atoms with E-state index in [1.54, 1.807) is 0 Å². The molecule has 0 amide bonds. The Morgan fingerprint density at radius 1 is 1.25 bits per heavy atom. The van der Waals surface area contributed by atoms with E-state index >= 15 is 0 Å². The number of halogens is 3. The van der Waals surface area contributed by atoms with Gasteiger partial charge < -0.3 is 20.6 Å². The maximum absolute atomic E-state index is 10.6. The van der Waals surface area contributed by atoms with Crippen molar-refractivity contribution in [2.45, 2.75) is 24.7 Å². The van der Waals surface area contributed by atoms with Crippen molar-refractivity contribution >= 4 is 11.9 Å². The van der Waals surface area contributed by atoms with Crippen LogP contribution in [0.1, 0.15) is 6.42 Å². The molecular formula is C7H10F3NO5. The Morgan fingerprint density at radius 2 is 1.69 bits per heavy atom.